The van der Waals surface area contributed by atoms with Gasteiger partial charge in [-0.2, -0.15) is 0 Å². The standard InChI is InChI=1S/C15H15N3O2S/c19-14(20)12-6-8-13(9-7-12)17-18-15(21)16-10-11-4-2-1-3-5-11/h1-9,17H,10H2,(H,19,20)(H2,16,18,21). The van der Waals surface area contributed by atoms with Gasteiger partial charge in [-0.25, -0.2) is 4.79 Å². The average Bonchev–Trinajstić information content (AvgIpc) is 2.52. The molecule has 2 rings (SSSR count). The molecule has 2 aromatic carbocycles. The van der Waals surface area contributed by atoms with E-state index >= 15 is 0 Å². The Balaban J connectivity index is 1.77. The molecule has 0 aliphatic carbocycles. The molecule has 0 aliphatic rings. The predicted octanol–water partition coefficient (Wildman–Crippen LogP) is 2.38. The summed E-state index contributed by atoms with van der Waals surface area (Å²) < 4.78 is 0. The zero-order valence-electron chi connectivity index (χ0n) is 11.2. The zero-order chi connectivity index (χ0) is 15.1. The highest BCUT2D eigenvalue weighted by Crippen LogP contribution is 2.08. The molecule has 0 heterocycles. The molecule has 5 nitrogen and oxygen atoms in total. The van der Waals surface area contributed by atoms with Crippen LogP contribution in [0.1, 0.15) is 15.9 Å². The number of hydrogen-bond donors (Lipinski definition) is 4. The third kappa shape index (κ3) is 4.77. The van der Waals surface area contributed by atoms with Gasteiger partial charge in [0.05, 0.1) is 11.3 Å². The van der Waals surface area contributed by atoms with Crippen molar-refractivity contribution < 1.29 is 9.90 Å². The SMILES string of the molecule is O=C(O)c1ccc(NNC(=S)NCc2ccccc2)cc1. The van der Waals surface area contributed by atoms with Crippen molar-refractivity contribution in [3.05, 3.63) is 65.7 Å². The van der Waals surface area contributed by atoms with E-state index in [-0.39, 0.29) is 5.56 Å². The van der Waals surface area contributed by atoms with Crippen molar-refractivity contribution in [1.29, 1.82) is 0 Å². The van der Waals surface area contributed by atoms with E-state index in [1.165, 1.54) is 12.1 Å². The number of anilines is 1. The number of hydrazine groups is 1. The molecule has 0 amide bonds. The van der Waals surface area contributed by atoms with E-state index in [4.69, 9.17) is 17.3 Å². The van der Waals surface area contributed by atoms with Gasteiger partial charge in [-0.15, -0.1) is 0 Å². The van der Waals surface area contributed by atoms with Crippen LogP contribution in [0.2, 0.25) is 0 Å². The van der Waals surface area contributed by atoms with Crippen LogP contribution in [0.4, 0.5) is 5.69 Å². The van der Waals surface area contributed by atoms with Crippen molar-refractivity contribution in [3.63, 3.8) is 0 Å². The monoisotopic (exact) mass is 301 g/mol. The molecule has 0 radical (unpaired) electrons. The summed E-state index contributed by atoms with van der Waals surface area (Å²) in [5.74, 6) is -0.949. The first-order chi connectivity index (χ1) is 10.1. The maximum absolute atomic E-state index is 10.7. The lowest BCUT2D eigenvalue weighted by Crippen LogP contribution is -2.38. The molecule has 0 fully saturated rings. The third-order valence-corrected chi connectivity index (χ3v) is 2.99. The number of benzene rings is 2. The van der Waals surface area contributed by atoms with Gasteiger partial charge in [0.2, 0.25) is 0 Å². The van der Waals surface area contributed by atoms with E-state index in [0.29, 0.717) is 11.7 Å². The number of hydrogen-bond acceptors (Lipinski definition) is 3. The van der Waals surface area contributed by atoms with Crippen LogP contribution in [-0.2, 0) is 6.54 Å². The molecule has 4 N–H and O–H groups in total. The van der Waals surface area contributed by atoms with Crippen molar-refractivity contribution in [2.45, 2.75) is 6.54 Å². The van der Waals surface area contributed by atoms with Gasteiger partial charge >= 0.3 is 5.97 Å². The van der Waals surface area contributed by atoms with Crippen LogP contribution in [0, 0.1) is 0 Å². The Hall–Kier alpha value is -2.60. The van der Waals surface area contributed by atoms with Crippen LogP contribution in [0.5, 0.6) is 0 Å². The second-order valence-electron chi connectivity index (χ2n) is 4.30. The first-order valence-corrected chi connectivity index (χ1v) is 6.73. The van der Waals surface area contributed by atoms with E-state index < -0.39 is 5.97 Å². The van der Waals surface area contributed by atoms with Crippen LogP contribution < -0.4 is 16.2 Å². The summed E-state index contributed by atoms with van der Waals surface area (Å²) in [4.78, 5) is 10.7. The van der Waals surface area contributed by atoms with Gasteiger partial charge in [0.25, 0.3) is 0 Å². The highest BCUT2D eigenvalue weighted by molar-refractivity contribution is 7.80. The van der Waals surface area contributed by atoms with Crippen molar-refractivity contribution >= 4 is 29.0 Å². The molecular weight excluding hydrogens is 286 g/mol. The Morgan fingerprint density at radius 3 is 2.33 bits per heavy atom. The van der Waals surface area contributed by atoms with Gasteiger partial charge in [-0.05, 0) is 42.0 Å². The van der Waals surface area contributed by atoms with Crippen LogP contribution in [0.25, 0.3) is 0 Å². The predicted molar refractivity (Wildman–Crippen MR) is 86.0 cm³/mol. The largest absolute Gasteiger partial charge is 0.478 e. The Morgan fingerprint density at radius 1 is 1.05 bits per heavy atom. The molecule has 0 aromatic heterocycles. The van der Waals surface area contributed by atoms with Crippen LogP contribution in [-0.4, -0.2) is 16.2 Å². The molecule has 0 aliphatic heterocycles. The zero-order valence-corrected chi connectivity index (χ0v) is 12.0. The first kappa shape index (κ1) is 14.8. The third-order valence-electron chi connectivity index (χ3n) is 2.75. The van der Waals surface area contributed by atoms with E-state index in [2.05, 4.69) is 16.2 Å². The fourth-order valence-corrected chi connectivity index (χ4v) is 1.77. The molecular formula is C15H15N3O2S. The lowest BCUT2D eigenvalue weighted by atomic mass is 10.2. The fraction of sp³-hybridized carbons (Fsp3) is 0.0667. The molecule has 0 bridgehead atoms. The van der Waals surface area contributed by atoms with Crippen LogP contribution >= 0.6 is 12.2 Å². The number of rotatable bonds is 5. The second kappa shape index (κ2) is 7.25. The molecule has 2 aromatic rings. The van der Waals surface area contributed by atoms with E-state index in [9.17, 15) is 4.79 Å². The summed E-state index contributed by atoms with van der Waals surface area (Å²) >= 11 is 5.14. The van der Waals surface area contributed by atoms with Gasteiger partial charge in [0, 0.05) is 6.54 Å². The molecule has 0 saturated heterocycles. The lowest BCUT2D eigenvalue weighted by Gasteiger charge is -2.12. The highest BCUT2D eigenvalue weighted by atomic mass is 32.1. The van der Waals surface area contributed by atoms with Crippen molar-refractivity contribution in [2.75, 3.05) is 5.43 Å². The van der Waals surface area contributed by atoms with Crippen molar-refractivity contribution in [2.24, 2.45) is 0 Å². The minimum Gasteiger partial charge on any atom is -0.478 e. The number of carboxylic acid groups (broad SMARTS) is 1. The molecule has 0 unspecified atom stereocenters. The molecule has 21 heavy (non-hydrogen) atoms. The van der Waals surface area contributed by atoms with Crippen LogP contribution in [0.3, 0.4) is 0 Å². The topological polar surface area (TPSA) is 73.4 Å². The van der Waals surface area contributed by atoms with Gasteiger partial charge in [-0.3, -0.25) is 10.9 Å². The van der Waals surface area contributed by atoms with Crippen molar-refractivity contribution in [1.82, 2.24) is 10.7 Å². The lowest BCUT2D eigenvalue weighted by molar-refractivity contribution is 0.0697. The maximum Gasteiger partial charge on any atom is 0.335 e. The van der Waals surface area contributed by atoms with Gasteiger partial charge in [-0.1, -0.05) is 30.3 Å². The summed E-state index contributed by atoms with van der Waals surface area (Å²) in [6, 6.07) is 16.3. The molecule has 6 heteroatoms. The Bertz CT molecular complexity index is 615. The Kier molecular flexibility index (Phi) is 5.11. The number of carbonyl (C=O) groups is 1. The maximum atomic E-state index is 10.7. The second-order valence-corrected chi connectivity index (χ2v) is 4.71. The molecule has 108 valence electrons. The minimum absolute atomic E-state index is 0.241. The number of nitrogens with one attached hydrogen (secondary N) is 3. The van der Waals surface area contributed by atoms with E-state index in [1.54, 1.807) is 12.1 Å². The summed E-state index contributed by atoms with van der Waals surface area (Å²) in [6.07, 6.45) is 0. The summed E-state index contributed by atoms with van der Waals surface area (Å²) in [6.45, 7) is 0.631. The van der Waals surface area contributed by atoms with E-state index in [1.807, 2.05) is 30.3 Å². The number of carboxylic acids is 1. The Labute approximate surface area is 128 Å². The Morgan fingerprint density at radius 2 is 1.71 bits per heavy atom. The van der Waals surface area contributed by atoms with Gasteiger partial charge in [0.15, 0.2) is 5.11 Å². The quantitative estimate of drug-likeness (QED) is 0.502. The summed E-state index contributed by atoms with van der Waals surface area (Å²) in [7, 11) is 0. The normalized spacial score (nSPS) is 9.71. The van der Waals surface area contributed by atoms with Crippen LogP contribution in [0.15, 0.2) is 54.6 Å². The van der Waals surface area contributed by atoms with Crippen molar-refractivity contribution in [3.8, 4) is 0 Å². The fourth-order valence-electron chi connectivity index (χ4n) is 1.65. The van der Waals surface area contributed by atoms with Gasteiger partial charge in [0.1, 0.15) is 0 Å². The number of thiocarbonyl (C=S) groups is 1. The summed E-state index contributed by atoms with van der Waals surface area (Å²) in [5.41, 5.74) is 7.84. The molecule has 0 saturated carbocycles. The average molecular weight is 301 g/mol. The highest BCUT2D eigenvalue weighted by Gasteiger charge is 2.01. The minimum atomic E-state index is -0.949. The first-order valence-electron chi connectivity index (χ1n) is 6.32. The molecule has 0 atom stereocenters. The smallest absolute Gasteiger partial charge is 0.335 e. The molecule has 0 spiro atoms. The van der Waals surface area contributed by atoms with Gasteiger partial charge < -0.3 is 10.4 Å². The number of aromatic carboxylic acids is 1. The van der Waals surface area contributed by atoms with E-state index in [0.717, 1.165) is 11.3 Å². The summed E-state index contributed by atoms with van der Waals surface area (Å²) in [5, 5.41) is 12.3.